The molecule has 0 unspecified atom stereocenters. The number of nitrogens with one attached hydrogen (secondary N) is 1. The van der Waals surface area contributed by atoms with Gasteiger partial charge in [0.2, 0.25) is 11.7 Å². The fraction of sp³-hybridized carbons (Fsp3) is 0.480. The number of carbonyl (C=O) groups is 1. The highest BCUT2D eigenvalue weighted by Crippen LogP contribution is 2.55. The average Bonchev–Trinajstić information content (AvgIpc) is 3.54. The summed E-state index contributed by atoms with van der Waals surface area (Å²) in [5.74, 6) is -6.31. The normalized spacial score (nSPS) is 27.9. The van der Waals surface area contributed by atoms with E-state index in [9.17, 15) is 26.7 Å². The van der Waals surface area contributed by atoms with Crippen LogP contribution in [0.25, 0.3) is 0 Å². The van der Waals surface area contributed by atoms with Crippen LogP contribution in [0, 0.1) is 17.6 Å². The quantitative estimate of drug-likeness (QED) is 0.571. The first-order valence-corrected chi connectivity index (χ1v) is 11.0. The Morgan fingerprint density at radius 2 is 1.79 bits per heavy atom. The molecular weight excluding hydrogens is 457 g/mol. The zero-order valence-corrected chi connectivity index (χ0v) is 19.0. The van der Waals surface area contributed by atoms with Gasteiger partial charge in [-0.2, -0.15) is 17.6 Å². The van der Waals surface area contributed by atoms with Crippen LogP contribution >= 0.6 is 0 Å². The Kier molecular flexibility index (Phi) is 6.12. The third-order valence-corrected chi connectivity index (χ3v) is 7.41. The maximum atomic E-state index is 14.4. The third kappa shape index (κ3) is 3.93. The van der Waals surface area contributed by atoms with Gasteiger partial charge < -0.3 is 14.8 Å². The van der Waals surface area contributed by atoms with Crippen molar-refractivity contribution >= 4 is 5.91 Å². The largest absolute Gasteiger partial charge is 0.493 e. The van der Waals surface area contributed by atoms with Gasteiger partial charge in [-0.05, 0) is 31.4 Å². The van der Waals surface area contributed by atoms with Gasteiger partial charge in [0.15, 0.2) is 17.2 Å². The Bertz CT molecular complexity index is 1070. The monoisotopic (exact) mass is 483 g/mol. The predicted molar refractivity (Wildman–Crippen MR) is 115 cm³/mol. The van der Waals surface area contributed by atoms with Crippen LogP contribution in [-0.2, 0) is 14.9 Å². The number of amides is 1. The molecule has 1 saturated carbocycles. The second-order valence-corrected chi connectivity index (χ2v) is 9.31. The fourth-order valence-corrected chi connectivity index (χ4v) is 4.91. The lowest BCUT2D eigenvalue weighted by Crippen LogP contribution is -2.47. The first kappa shape index (κ1) is 24.4. The van der Waals surface area contributed by atoms with E-state index in [2.05, 4.69) is 5.32 Å². The predicted octanol–water partition coefficient (Wildman–Crippen LogP) is 5.26. The van der Waals surface area contributed by atoms with Crippen molar-refractivity contribution in [3.8, 4) is 5.75 Å². The smallest absolute Gasteiger partial charge is 0.417 e. The molecule has 4 nitrogen and oxygen atoms in total. The highest BCUT2D eigenvalue weighted by molar-refractivity contribution is 5.83. The lowest BCUT2D eigenvalue weighted by molar-refractivity contribution is -0.272. The Morgan fingerprint density at radius 1 is 1.15 bits per heavy atom. The summed E-state index contributed by atoms with van der Waals surface area (Å²) in [7, 11) is 1.09. The average molecular weight is 483 g/mol. The maximum absolute atomic E-state index is 14.4. The highest BCUT2D eigenvalue weighted by atomic mass is 19.4. The van der Waals surface area contributed by atoms with E-state index in [1.807, 2.05) is 30.3 Å². The van der Waals surface area contributed by atoms with E-state index in [4.69, 9.17) is 9.47 Å². The SMILES string of the molecule is COc1c([C@H]2[C@H](C(=O)NCC3(c4ccccc4)CC3)O[C@@](C)(C(F)(F)F)[C@H]2C)ccc(F)c1F. The van der Waals surface area contributed by atoms with Crippen LogP contribution in [0.1, 0.15) is 43.7 Å². The molecule has 1 amide bonds. The summed E-state index contributed by atoms with van der Waals surface area (Å²) < 4.78 is 80.7. The maximum Gasteiger partial charge on any atom is 0.417 e. The number of methoxy groups -OCH3 is 1. The second-order valence-electron chi connectivity index (χ2n) is 9.31. The molecule has 0 aromatic heterocycles. The van der Waals surface area contributed by atoms with Gasteiger partial charge in [0, 0.05) is 29.4 Å². The second kappa shape index (κ2) is 8.52. The molecule has 1 aliphatic carbocycles. The highest BCUT2D eigenvalue weighted by Gasteiger charge is 2.66. The standard InChI is InChI=1S/C25H26F5NO3/c1-14-18(16-9-10-17(26)19(27)20(16)33-3)21(34-23(14,2)25(28,29)30)22(32)31-13-24(11-12-24)15-7-5-4-6-8-15/h4-10,14,18,21H,11-13H2,1-3H3,(H,31,32)/t14-,18-,21+,23+/m0/s1. The van der Waals surface area contributed by atoms with E-state index in [0.29, 0.717) is 0 Å². The summed E-state index contributed by atoms with van der Waals surface area (Å²) in [5.41, 5.74) is -1.96. The molecular formula is C25H26F5NO3. The number of carbonyl (C=O) groups excluding carboxylic acids is 1. The molecule has 9 heteroatoms. The fourth-order valence-electron chi connectivity index (χ4n) is 4.91. The van der Waals surface area contributed by atoms with Crippen molar-refractivity contribution in [3.63, 3.8) is 0 Å². The van der Waals surface area contributed by atoms with Crippen molar-refractivity contribution in [1.82, 2.24) is 5.32 Å². The number of hydrogen-bond donors (Lipinski definition) is 1. The summed E-state index contributed by atoms with van der Waals surface area (Å²) in [6, 6.07) is 11.5. The molecule has 2 aromatic rings. The number of rotatable bonds is 6. The van der Waals surface area contributed by atoms with Gasteiger partial charge in [-0.3, -0.25) is 4.79 Å². The molecule has 2 aliphatic rings. The van der Waals surface area contributed by atoms with Crippen LogP contribution in [0.2, 0.25) is 0 Å². The molecule has 0 radical (unpaired) electrons. The molecule has 0 spiro atoms. The van der Waals surface area contributed by atoms with Crippen molar-refractivity contribution in [2.45, 2.75) is 55.9 Å². The summed E-state index contributed by atoms with van der Waals surface area (Å²) in [6.07, 6.45) is -4.71. The third-order valence-electron chi connectivity index (χ3n) is 7.41. The topological polar surface area (TPSA) is 47.6 Å². The first-order chi connectivity index (χ1) is 15.9. The molecule has 4 rings (SSSR count). The summed E-state index contributed by atoms with van der Waals surface area (Å²) in [6.45, 7) is 2.39. The minimum atomic E-state index is -4.80. The van der Waals surface area contributed by atoms with Gasteiger partial charge in [-0.15, -0.1) is 0 Å². The molecule has 4 atom stereocenters. The van der Waals surface area contributed by atoms with E-state index >= 15 is 0 Å². The van der Waals surface area contributed by atoms with E-state index < -0.39 is 53.0 Å². The van der Waals surface area contributed by atoms with Gasteiger partial charge in [-0.25, -0.2) is 4.39 Å². The van der Waals surface area contributed by atoms with E-state index in [0.717, 1.165) is 44.6 Å². The summed E-state index contributed by atoms with van der Waals surface area (Å²) >= 11 is 0. The number of hydrogen-bond acceptors (Lipinski definition) is 3. The van der Waals surface area contributed by atoms with Crippen LogP contribution < -0.4 is 10.1 Å². The van der Waals surface area contributed by atoms with Crippen molar-refractivity contribution in [1.29, 1.82) is 0 Å². The number of halogens is 5. The van der Waals surface area contributed by atoms with Crippen LogP contribution in [0.4, 0.5) is 22.0 Å². The van der Waals surface area contributed by atoms with Crippen LogP contribution in [-0.4, -0.2) is 37.4 Å². The van der Waals surface area contributed by atoms with Crippen molar-refractivity contribution in [2.24, 2.45) is 5.92 Å². The Morgan fingerprint density at radius 3 is 2.35 bits per heavy atom. The van der Waals surface area contributed by atoms with E-state index in [1.54, 1.807) is 0 Å². The molecule has 0 bridgehead atoms. The number of benzene rings is 2. The molecule has 1 heterocycles. The lowest BCUT2D eigenvalue weighted by Gasteiger charge is -2.32. The summed E-state index contributed by atoms with van der Waals surface area (Å²) in [5, 5.41) is 2.76. The van der Waals surface area contributed by atoms with E-state index in [1.165, 1.54) is 6.92 Å². The number of alkyl halides is 3. The van der Waals surface area contributed by atoms with Crippen LogP contribution in [0.15, 0.2) is 42.5 Å². The van der Waals surface area contributed by atoms with Crippen LogP contribution in [0.5, 0.6) is 5.75 Å². The first-order valence-electron chi connectivity index (χ1n) is 11.0. The van der Waals surface area contributed by atoms with Gasteiger partial charge >= 0.3 is 6.18 Å². The van der Waals surface area contributed by atoms with Gasteiger partial charge in [0.1, 0.15) is 6.10 Å². The van der Waals surface area contributed by atoms with E-state index in [-0.39, 0.29) is 17.5 Å². The molecule has 34 heavy (non-hydrogen) atoms. The molecule has 2 fully saturated rings. The molecule has 1 saturated heterocycles. The zero-order valence-electron chi connectivity index (χ0n) is 19.0. The molecule has 2 aromatic carbocycles. The minimum absolute atomic E-state index is 0.0498. The van der Waals surface area contributed by atoms with Crippen molar-refractivity contribution < 1.29 is 36.2 Å². The van der Waals surface area contributed by atoms with Gasteiger partial charge in [0.05, 0.1) is 7.11 Å². The van der Waals surface area contributed by atoms with Crippen molar-refractivity contribution in [3.05, 3.63) is 65.2 Å². The van der Waals surface area contributed by atoms with Crippen molar-refractivity contribution in [2.75, 3.05) is 13.7 Å². The zero-order chi connectivity index (χ0) is 24.9. The lowest BCUT2D eigenvalue weighted by atomic mass is 9.77. The van der Waals surface area contributed by atoms with Crippen LogP contribution in [0.3, 0.4) is 0 Å². The minimum Gasteiger partial charge on any atom is -0.493 e. The summed E-state index contributed by atoms with van der Waals surface area (Å²) in [4.78, 5) is 13.2. The molecule has 1 N–H and O–H groups in total. The Hall–Kier alpha value is -2.68. The van der Waals surface area contributed by atoms with Gasteiger partial charge in [0.25, 0.3) is 0 Å². The Labute approximate surface area is 194 Å². The number of ether oxygens (including phenoxy) is 2. The Balaban J connectivity index is 1.66. The molecule has 184 valence electrons. The molecule has 1 aliphatic heterocycles. The van der Waals surface area contributed by atoms with Gasteiger partial charge in [-0.1, -0.05) is 43.3 Å².